The Kier molecular flexibility index (Phi) is 2.65. The first-order chi connectivity index (χ1) is 8.65. The van der Waals surface area contributed by atoms with Gasteiger partial charge in [0.2, 0.25) is 0 Å². The Hall–Kier alpha value is -1.71. The summed E-state index contributed by atoms with van der Waals surface area (Å²) in [6, 6.07) is 10.2. The molecule has 0 saturated carbocycles. The van der Waals surface area contributed by atoms with E-state index in [2.05, 4.69) is 10.9 Å². The van der Waals surface area contributed by atoms with Crippen molar-refractivity contribution in [1.82, 2.24) is 0 Å². The van der Waals surface area contributed by atoms with Crippen LogP contribution >= 0.6 is 23.2 Å². The van der Waals surface area contributed by atoms with Crippen LogP contribution in [0.25, 0.3) is 0 Å². The zero-order valence-electron chi connectivity index (χ0n) is 9.13. The number of halogens is 2. The molecule has 0 fully saturated rings. The van der Waals surface area contributed by atoms with Crippen molar-refractivity contribution in [2.24, 2.45) is 0 Å². The number of benzene rings is 2. The van der Waals surface area contributed by atoms with Gasteiger partial charge < -0.3 is 10.9 Å². The number of rotatable bonds is 0. The predicted molar refractivity (Wildman–Crippen MR) is 73.6 cm³/mol. The van der Waals surface area contributed by atoms with Crippen molar-refractivity contribution < 1.29 is 4.79 Å². The van der Waals surface area contributed by atoms with Crippen LogP contribution in [0.15, 0.2) is 36.4 Å². The maximum absolute atomic E-state index is 12.4. The first kappa shape index (κ1) is 11.4. The van der Waals surface area contributed by atoms with E-state index in [1.807, 2.05) is 0 Å². The number of carbonyl (C=O) groups excluding carboxylic acids is 1. The third-order valence-electron chi connectivity index (χ3n) is 2.78. The van der Waals surface area contributed by atoms with Crippen LogP contribution in [-0.4, -0.2) is 5.78 Å². The number of hydrogen-bond donors (Lipinski definition) is 2. The summed E-state index contributed by atoms with van der Waals surface area (Å²) in [7, 11) is 0. The molecule has 0 radical (unpaired) electrons. The molecule has 0 bridgehead atoms. The standard InChI is InChI=1S/C13H8Cl2N2O/c14-7-1-3-9-11(5-7)16-17-12-6-8(15)2-4-10(12)13(9)18/h1-6,16-17H. The number of fused-ring (bicyclic) bond motifs is 2. The maximum Gasteiger partial charge on any atom is 0.197 e. The van der Waals surface area contributed by atoms with Gasteiger partial charge in [-0.3, -0.25) is 4.79 Å². The molecule has 0 aliphatic carbocycles. The zero-order valence-corrected chi connectivity index (χ0v) is 10.6. The van der Waals surface area contributed by atoms with Crippen molar-refractivity contribution in [3.63, 3.8) is 0 Å². The SMILES string of the molecule is O=C1c2ccc(Cl)cc2NNc2cc(Cl)ccc21. The van der Waals surface area contributed by atoms with Gasteiger partial charge >= 0.3 is 0 Å². The molecule has 0 saturated heterocycles. The summed E-state index contributed by atoms with van der Waals surface area (Å²) in [4.78, 5) is 12.4. The second-order valence-corrected chi connectivity index (χ2v) is 4.83. The molecule has 0 atom stereocenters. The van der Waals surface area contributed by atoms with Crippen molar-refractivity contribution in [2.45, 2.75) is 0 Å². The minimum atomic E-state index is -0.0640. The lowest BCUT2D eigenvalue weighted by Gasteiger charge is -2.08. The van der Waals surface area contributed by atoms with Crippen LogP contribution in [0, 0.1) is 0 Å². The van der Waals surface area contributed by atoms with Crippen LogP contribution in [0.3, 0.4) is 0 Å². The van der Waals surface area contributed by atoms with E-state index in [0.717, 1.165) is 0 Å². The van der Waals surface area contributed by atoms with Gasteiger partial charge in [0.15, 0.2) is 5.78 Å². The Morgan fingerprint density at radius 2 is 1.22 bits per heavy atom. The van der Waals surface area contributed by atoms with E-state index in [1.165, 1.54) is 0 Å². The number of carbonyl (C=O) groups is 1. The second-order valence-electron chi connectivity index (χ2n) is 3.96. The average Bonchev–Trinajstić information content (AvgIpc) is 2.47. The first-order valence-corrected chi connectivity index (χ1v) is 6.06. The first-order valence-electron chi connectivity index (χ1n) is 5.31. The predicted octanol–water partition coefficient (Wildman–Crippen LogP) is 3.98. The van der Waals surface area contributed by atoms with Gasteiger partial charge in [-0.05, 0) is 36.4 Å². The molecule has 1 aliphatic rings. The Morgan fingerprint density at radius 3 is 1.67 bits per heavy atom. The molecule has 3 nitrogen and oxygen atoms in total. The van der Waals surface area contributed by atoms with Gasteiger partial charge in [-0.2, -0.15) is 0 Å². The van der Waals surface area contributed by atoms with Crippen LogP contribution in [0.5, 0.6) is 0 Å². The fourth-order valence-electron chi connectivity index (χ4n) is 1.92. The molecule has 2 aromatic carbocycles. The summed E-state index contributed by atoms with van der Waals surface area (Å²) < 4.78 is 0. The Labute approximate surface area is 114 Å². The molecular formula is C13H8Cl2N2O. The van der Waals surface area contributed by atoms with Gasteiger partial charge in [0, 0.05) is 21.2 Å². The lowest BCUT2D eigenvalue weighted by molar-refractivity contribution is 0.104. The molecule has 0 amide bonds. The highest BCUT2D eigenvalue weighted by molar-refractivity contribution is 6.32. The smallest absolute Gasteiger partial charge is 0.197 e. The molecule has 3 rings (SSSR count). The van der Waals surface area contributed by atoms with Crippen molar-refractivity contribution in [3.05, 3.63) is 57.6 Å². The highest BCUT2D eigenvalue weighted by Crippen LogP contribution is 2.31. The van der Waals surface area contributed by atoms with Crippen molar-refractivity contribution in [1.29, 1.82) is 0 Å². The number of hydrogen-bond acceptors (Lipinski definition) is 3. The lowest BCUT2D eigenvalue weighted by Crippen LogP contribution is -2.08. The number of nitrogens with one attached hydrogen (secondary N) is 2. The molecule has 1 heterocycles. The van der Waals surface area contributed by atoms with Crippen LogP contribution in [-0.2, 0) is 0 Å². The van der Waals surface area contributed by atoms with Crippen LogP contribution in [0.1, 0.15) is 15.9 Å². The molecule has 1 aliphatic heterocycles. The van der Waals surface area contributed by atoms with E-state index in [0.29, 0.717) is 32.5 Å². The van der Waals surface area contributed by atoms with Gasteiger partial charge in [-0.15, -0.1) is 0 Å². The lowest BCUT2D eigenvalue weighted by atomic mass is 10.0. The minimum Gasteiger partial charge on any atom is -0.300 e. The molecule has 18 heavy (non-hydrogen) atoms. The van der Waals surface area contributed by atoms with Crippen LogP contribution in [0.4, 0.5) is 11.4 Å². The molecule has 5 heteroatoms. The fraction of sp³-hybridized carbons (Fsp3) is 0. The Balaban J connectivity index is 2.18. The largest absolute Gasteiger partial charge is 0.300 e. The summed E-state index contributed by atoms with van der Waals surface area (Å²) in [5.74, 6) is -0.0640. The monoisotopic (exact) mass is 278 g/mol. The van der Waals surface area contributed by atoms with E-state index >= 15 is 0 Å². The Bertz CT molecular complexity index is 600. The molecule has 90 valence electrons. The Morgan fingerprint density at radius 1 is 0.778 bits per heavy atom. The summed E-state index contributed by atoms with van der Waals surface area (Å²) in [5, 5.41) is 1.14. The van der Waals surface area contributed by atoms with Gasteiger partial charge in [-0.25, -0.2) is 0 Å². The second kappa shape index (κ2) is 4.19. The molecule has 0 aromatic heterocycles. The third kappa shape index (κ3) is 1.82. The van der Waals surface area contributed by atoms with Gasteiger partial charge in [0.25, 0.3) is 0 Å². The van der Waals surface area contributed by atoms with Crippen LogP contribution in [0.2, 0.25) is 10.0 Å². The fourth-order valence-corrected chi connectivity index (χ4v) is 2.26. The van der Waals surface area contributed by atoms with E-state index in [4.69, 9.17) is 23.2 Å². The summed E-state index contributed by atoms with van der Waals surface area (Å²) >= 11 is 11.8. The summed E-state index contributed by atoms with van der Waals surface area (Å²) in [6.45, 7) is 0. The minimum absolute atomic E-state index is 0.0640. The van der Waals surface area contributed by atoms with Gasteiger partial charge in [0.1, 0.15) is 0 Å². The third-order valence-corrected chi connectivity index (χ3v) is 3.25. The van der Waals surface area contributed by atoms with Crippen molar-refractivity contribution in [2.75, 3.05) is 10.9 Å². The van der Waals surface area contributed by atoms with E-state index in [9.17, 15) is 4.79 Å². The summed E-state index contributed by atoms with van der Waals surface area (Å²) in [5.41, 5.74) is 8.39. The van der Waals surface area contributed by atoms with Crippen LogP contribution < -0.4 is 10.9 Å². The van der Waals surface area contributed by atoms with Gasteiger partial charge in [0.05, 0.1) is 11.4 Å². The molecule has 2 N–H and O–H groups in total. The number of anilines is 2. The van der Waals surface area contributed by atoms with Crippen molar-refractivity contribution in [3.8, 4) is 0 Å². The van der Waals surface area contributed by atoms with E-state index < -0.39 is 0 Å². The topological polar surface area (TPSA) is 41.1 Å². The number of ketones is 1. The molecule has 2 aromatic rings. The number of hydrazine groups is 1. The zero-order chi connectivity index (χ0) is 12.7. The maximum atomic E-state index is 12.4. The molecule has 0 spiro atoms. The van der Waals surface area contributed by atoms with E-state index in [-0.39, 0.29) is 5.78 Å². The normalized spacial score (nSPS) is 12.9. The van der Waals surface area contributed by atoms with Gasteiger partial charge in [-0.1, -0.05) is 23.2 Å². The highest BCUT2D eigenvalue weighted by atomic mass is 35.5. The average molecular weight is 279 g/mol. The quantitative estimate of drug-likeness (QED) is 0.766. The summed E-state index contributed by atoms with van der Waals surface area (Å²) in [6.07, 6.45) is 0. The highest BCUT2D eigenvalue weighted by Gasteiger charge is 2.21. The molecule has 0 unspecified atom stereocenters. The van der Waals surface area contributed by atoms with Crippen molar-refractivity contribution >= 4 is 40.4 Å². The molecular weight excluding hydrogens is 271 g/mol. The van der Waals surface area contributed by atoms with E-state index in [1.54, 1.807) is 36.4 Å².